The van der Waals surface area contributed by atoms with E-state index in [9.17, 15) is 22.8 Å². The van der Waals surface area contributed by atoms with Crippen LogP contribution in [0.25, 0.3) is 28.1 Å². The average Bonchev–Trinajstić information content (AvgIpc) is 2.74. The van der Waals surface area contributed by atoms with E-state index in [1.165, 1.54) is 36.9 Å². The molecule has 0 aliphatic carbocycles. The number of aromatic nitrogens is 1. The molecule has 0 N–H and O–H groups in total. The Morgan fingerprint density at radius 3 is 2.53 bits per heavy atom. The molecule has 0 saturated carbocycles. The van der Waals surface area contributed by atoms with E-state index in [0.29, 0.717) is 16.3 Å². The van der Waals surface area contributed by atoms with Gasteiger partial charge in [0, 0.05) is 40.2 Å². The smallest absolute Gasteiger partial charge is 0.416 e. The molecule has 0 aliphatic heterocycles. The van der Waals surface area contributed by atoms with E-state index in [0.717, 1.165) is 18.2 Å². The highest BCUT2D eigenvalue weighted by molar-refractivity contribution is 6.31. The van der Waals surface area contributed by atoms with Crippen LogP contribution in [0.2, 0.25) is 5.02 Å². The Labute approximate surface area is 186 Å². The fourth-order valence-electron chi connectivity index (χ4n) is 3.41. The number of fused-ring (bicyclic) bond motifs is 1. The molecule has 3 aromatic rings. The van der Waals surface area contributed by atoms with Crippen LogP contribution in [0.4, 0.5) is 13.2 Å². The number of carbonyl (C=O) groups excluding carboxylic acids is 1. The first-order valence-corrected chi connectivity index (χ1v) is 9.89. The second-order valence-electron chi connectivity index (χ2n) is 6.81. The largest absolute Gasteiger partial charge is 0.496 e. The predicted molar refractivity (Wildman–Crippen MR) is 117 cm³/mol. The zero-order valence-corrected chi connectivity index (χ0v) is 18.2. The predicted octanol–water partition coefficient (Wildman–Crippen LogP) is 5.46. The Kier molecular flexibility index (Phi) is 6.64. The molecule has 0 amide bonds. The number of rotatable bonds is 5. The number of ether oxygens (including phenoxy) is 2. The number of halogens is 4. The summed E-state index contributed by atoms with van der Waals surface area (Å²) in [5.41, 5.74) is -0.665. The van der Waals surface area contributed by atoms with Crippen LogP contribution in [0.15, 0.2) is 47.3 Å². The molecule has 0 aliphatic rings. The maximum Gasteiger partial charge on any atom is 0.416 e. The summed E-state index contributed by atoms with van der Waals surface area (Å²) in [6, 6.07) is 7.71. The van der Waals surface area contributed by atoms with Gasteiger partial charge >= 0.3 is 12.1 Å². The van der Waals surface area contributed by atoms with Crippen LogP contribution >= 0.6 is 11.6 Å². The summed E-state index contributed by atoms with van der Waals surface area (Å²) in [5.74, 6) is -0.394. The molecule has 0 bridgehead atoms. The minimum atomic E-state index is -4.60. The number of carbonyl (C=O) groups is 1. The van der Waals surface area contributed by atoms with Crippen LogP contribution in [0, 0.1) is 0 Å². The highest BCUT2D eigenvalue weighted by Crippen LogP contribution is 2.40. The lowest BCUT2D eigenvalue weighted by atomic mass is 9.93. The van der Waals surface area contributed by atoms with Crippen LogP contribution in [-0.2, 0) is 22.8 Å². The molecule has 32 heavy (non-hydrogen) atoms. The van der Waals surface area contributed by atoms with Crippen LogP contribution < -0.4 is 10.3 Å². The summed E-state index contributed by atoms with van der Waals surface area (Å²) in [6.07, 6.45) is -2.31. The van der Waals surface area contributed by atoms with Crippen molar-refractivity contribution >= 4 is 34.5 Å². The molecule has 5 nitrogen and oxygen atoms in total. The van der Waals surface area contributed by atoms with Crippen molar-refractivity contribution in [1.29, 1.82) is 0 Å². The molecule has 0 fully saturated rings. The molecule has 9 heteroatoms. The monoisotopic (exact) mass is 465 g/mol. The van der Waals surface area contributed by atoms with Crippen molar-refractivity contribution in [3.63, 3.8) is 0 Å². The number of hydrogen-bond acceptors (Lipinski definition) is 4. The van der Waals surface area contributed by atoms with Gasteiger partial charge in [-0.3, -0.25) is 4.79 Å². The van der Waals surface area contributed by atoms with E-state index in [1.54, 1.807) is 19.1 Å². The molecule has 3 rings (SSSR count). The van der Waals surface area contributed by atoms with E-state index >= 15 is 0 Å². The molecular formula is C23H19ClF3NO4. The Hall–Kier alpha value is -3.26. The summed E-state index contributed by atoms with van der Waals surface area (Å²) in [7, 11) is 2.84. The van der Waals surface area contributed by atoms with Gasteiger partial charge in [-0.2, -0.15) is 13.2 Å². The van der Waals surface area contributed by atoms with Gasteiger partial charge in [-0.1, -0.05) is 11.6 Å². The van der Waals surface area contributed by atoms with Crippen LogP contribution in [0.5, 0.6) is 5.75 Å². The maximum absolute atomic E-state index is 13.5. The Morgan fingerprint density at radius 1 is 1.19 bits per heavy atom. The van der Waals surface area contributed by atoms with E-state index in [4.69, 9.17) is 21.1 Å². The number of hydrogen-bond donors (Lipinski definition) is 0. The topological polar surface area (TPSA) is 57.5 Å². The van der Waals surface area contributed by atoms with Crippen LogP contribution in [-0.4, -0.2) is 24.3 Å². The standard InChI is InChI=1S/C23H19ClF3NO4/c1-4-32-20(29)10-7-15-21(17-12-14(24)6-9-19(17)31-3)16-11-13(23(25,26)27)5-8-18(16)28(2)22(15)30/h5-12H,4H2,1-3H3/b10-7+. The zero-order valence-electron chi connectivity index (χ0n) is 17.4. The average molecular weight is 466 g/mol. The third-order valence-corrected chi connectivity index (χ3v) is 5.10. The third kappa shape index (κ3) is 4.50. The number of nitrogens with zero attached hydrogens (tertiary/aromatic N) is 1. The van der Waals surface area contributed by atoms with E-state index in [-0.39, 0.29) is 28.6 Å². The van der Waals surface area contributed by atoms with Crippen molar-refractivity contribution in [2.75, 3.05) is 13.7 Å². The summed E-state index contributed by atoms with van der Waals surface area (Å²) in [6.45, 7) is 1.75. The van der Waals surface area contributed by atoms with Crippen molar-refractivity contribution in [2.45, 2.75) is 13.1 Å². The second-order valence-corrected chi connectivity index (χ2v) is 7.25. The number of methoxy groups -OCH3 is 1. The van der Waals surface area contributed by atoms with Crippen molar-refractivity contribution in [1.82, 2.24) is 4.57 Å². The highest BCUT2D eigenvalue weighted by Gasteiger charge is 2.31. The van der Waals surface area contributed by atoms with Gasteiger partial charge in [0.05, 0.1) is 24.8 Å². The van der Waals surface area contributed by atoms with Gasteiger partial charge in [0.2, 0.25) is 0 Å². The number of benzene rings is 2. The molecular weight excluding hydrogens is 447 g/mol. The fraction of sp³-hybridized carbons (Fsp3) is 0.217. The molecule has 0 saturated heterocycles. The van der Waals surface area contributed by atoms with Crippen LogP contribution in [0.3, 0.4) is 0 Å². The van der Waals surface area contributed by atoms with Crippen LogP contribution in [0.1, 0.15) is 18.1 Å². The maximum atomic E-state index is 13.5. The first-order valence-electron chi connectivity index (χ1n) is 9.51. The molecule has 0 atom stereocenters. The SMILES string of the molecule is CCOC(=O)/C=C/c1c(-c2cc(Cl)ccc2OC)c2cc(C(F)(F)F)ccc2n(C)c1=O. The van der Waals surface area contributed by atoms with Gasteiger partial charge in [-0.25, -0.2) is 4.79 Å². The summed E-state index contributed by atoms with van der Waals surface area (Å²) < 4.78 is 51.9. The number of alkyl halides is 3. The number of pyridine rings is 1. The Morgan fingerprint density at radius 2 is 1.91 bits per heavy atom. The molecule has 1 aromatic heterocycles. The van der Waals surface area contributed by atoms with Gasteiger partial charge < -0.3 is 14.0 Å². The van der Waals surface area contributed by atoms with Gasteiger partial charge in [0.1, 0.15) is 5.75 Å². The van der Waals surface area contributed by atoms with Gasteiger partial charge in [-0.05, 0) is 49.4 Å². The second kappa shape index (κ2) is 9.08. The Balaban J connectivity index is 2.50. The Bertz CT molecular complexity index is 1280. The fourth-order valence-corrected chi connectivity index (χ4v) is 3.58. The number of aryl methyl sites for hydroxylation is 1. The van der Waals surface area contributed by atoms with E-state index in [1.807, 2.05) is 0 Å². The molecule has 0 radical (unpaired) electrons. The highest BCUT2D eigenvalue weighted by atomic mass is 35.5. The quantitative estimate of drug-likeness (QED) is 0.371. The lowest BCUT2D eigenvalue weighted by Crippen LogP contribution is -2.21. The van der Waals surface area contributed by atoms with Gasteiger partial charge in [-0.15, -0.1) is 0 Å². The molecule has 2 aromatic carbocycles. The lowest BCUT2D eigenvalue weighted by Gasteiger charge is -2.18. The number of esters is 1. The minimum absolute atomic E-state index is 0.00653. The minimum Gasteiger partial charge on any atom is -0.496 e. The van der Waals surface area contributed by atoms with E-state index < -0.39 is 23.3 Å². The summed E-state index contributed by atoms with van der Waals surface area (Å²) >= 11 is 6.16. The van der Waals surface area contributed by atoms with Crippen molar-refractivity contribution < 1.29 is 27.4 Å². The van der Waals surface area contributed by atoms with Crippen molar-refractivity contribution in [3.8, 4) is 16.9 Å². The molecule has 0 spiro atoms. The summed E-state index contributed by atoms with van der Waals surface area (Å²) in [5, 5.41) is 0.438. The normalized spacial score (nSPS) is 11.8. The van der Waals surface area contributed by atoms with E-state index in [2.05, 4.69) is 0 Å². The lowest BCUT2D eigenvalue weighted by molar-refractivity contribution is -0.138. The first kappa shape index (κ1) is 23.4. The van der Waals surface area contributed by atoms with Gasteiger partial charge in [0.15, 0.2) is 0 Å². The third-order valence-electron chi connectivity index (χ3n) is 4.86. The van der Waals surface area contributed by atoms with Crippen molar-refractivity contribution in [3.05, 3.63) is 69.0 Å². The molecule has 168 valence electrons. The first-order chi connectivity index (χ1) is 15.1. The van der Waals surface area contributed by atoms with Gasteiger partial charge in [0.25, 0.3) is 5.56 Å². The zero-order chi connectivity index (χ0) is 23.6. The molecule has 1 heterocycles. The van der Waals surface area contributed by atoms with Crippen molar-refractivity contribution in [2.24, 2.45) is 7.05 Å². The summed E-state index contributed by atoms with van der Waals surface area (Å²) in [4.78, 5) is 25.1. The molecule has 0 unspecified atom stereocenters.